The summed E-state index contributed by atoms with van der Waals surface area (Å²) in [5.41, 5.74) is 1.47. The van der Waals surface area contributed by atoms with E-state index in [4.69, 9.17) is 4.74 Å². The summed E-state index contributed by atoms with van der Waals surface area (Å²) >= 11 is 2.50. The van der Waals surface area contributed by atoms with Crippen LogP contribution in [0.15, 0.2) is 47.6 Å². The lowest BCUT2D eigenvalue weighted by Gasteiger charge is -2.08. The van der Waals surface area contributed by atoms with Crippen molar-refractivity contribution in [2.24, 2.45) is 7.05 Å². The van der Waals surface area contributed by atoms with Crippen LogP contribution in [0.3, 0.4) is 0 Å². The van der Waals surface area contributed by atoms with Gasteiger partial charge in [0.05, 0.1) is 28.6 Å². The van der Waals surface area contributed by atoms with Crippen LogP contribution in [0, 0.1) is 5.82 Å². The van der Waals surface area contributed by atoms with E-state index in [0.29, 0.717) is 32.1 Å². The number of fused-ring (bicyclic) bond motifs is 1. The molecule has 4 rings (SSSR count). The Morgan fingerprint density at radius 2 is 2.10 bits per heavy atom. The number of hydrogen-bond acceptors (Lipinski definition) is 7. The first-order valence-electron chi connectivity index (χ1n) is 8.56. The average molecular weight is 430 g/mol. The highest BCUT2D eigenvalue weighted by atomic mass is 32.2. The molecule has 2 aromatic carbocycles. The topological polar surface area (TPSA) is 81.9 Å². The van der Waals surface area contributed by atoms with Crippen molar-refractivity contribution in [3.63, 3.8) is 0 Å². The third-order valence-corrected chi connectivity index (χ3v) is 6.07. The van der Waals surface area contributed by atoms with Crippen LogP contribution in [0.5, 0.6) is 5.75 Å². The molecule has 0 spiro atoms. The molecular formula is C19H16FN5O2S2. The Morgan fingerprint density at radius 3 is 2.93 bits per heavy atom. The van der Waals surface area contributed by atoms with Gasteiger partial charge in [0.25, 0.3) is 0 Å². The SMILES string of the molecule is COc1ccccc1-c1nnc(SCC(=O)Nc2nc3ccc(F)cc3s2)n1C. The van der Waals surface area contributed by atoms with Gasteiger partial charge in [0.2, 0.25) is 5.91 Å². The lowest BCUT2D eigenvalue weighted by molar-refractivity contribution is -0.113. The maximum atomic E-state index is 13.3. The number of benzene rings is 2. The minimum Gasteiger partial charge on any atom is -0.496 e. The zero-order valence-corrected chi connectivity index (χ0v) is 17.2. The van der Waals surface area contributed by atoms with Gasteiger partial charge in [-0.1, -0.05) is 35.2 Å². The molecular weight excluding hydrogens is 413 g/mol. The number of ether oxygens (including phenoxy) is 1. The van der Waals surface area contributed by atoms with E-state index < -0.39 is 0 Å². The van der Waals surface area contributed by atoms with E-state index >= 15 is 0 Å². The number of amides is 1. The maximum Gasteiger partial charge on any atom is 0.236 e. The number of methoxy groups -OCH3 is 1. The number of hydrogen-bond donors (Lipinski definition) is 1. The number of thioether (sulfide) groups is 1. The van der Waals surface area contributed by atoms with Crippen LogP contribution in [0.25, 0.3) is 21.6 Å². The number of carbonyl (C=O) groups is 1. The van der Waals surface area contributed by atoms with E-state index in [9.17, 15) is 9.18 Å². The van der Waals surface area contributed by atoms with Gasteiger partial charge in [-0.25, -0.2) is 9.37 Å². The molecule has 2 heterocycles. The lowest BCUT2D eigenvalue weighted by atomic mass is 10.2. The first-order chi connectivity index (χ1) is 14.0. The minimum absolute atomic E-state index is 0.141. The molecule has 1 amide bonds. The fraction of sp³-hybridized carbons (Fsp3) is 0.158. The number of nitrogens with one attached hydrogen (secondary N) is 1. The van der Waals surface area contributed by atoms with Gasteiger partial charge < -0.3 is 14.6 Å². The van der Waals surface area contributed by atoms with Gasteiger partial charge in [-0.05, 0) is 30.3 Å². The molecule has 0 radical (unpaired) electrons. The predicted molar refractivity (Wildman–Crippen MR) is 112 cm³/mol. The smallest absolute Gasteiger partial charge is 0.236 e. The minimum atomic E-state index is -0.331. The molecule has 0 atom stereocenters. The summed E-state index contributed by atoms with van der Waals surface area (Å²) in [6, 6.07) is 11.9. The maximum absolute atomic E-state index is 13.3. The lowest BCUT2D eigenvalue weighted by Crippen LogP contribution is -2.14. The Morgan fingerprint density at radius 1 is 1.28 bits per heavy atom. The highest BCUT2D eigenvalue weighted by molar-refractivity contribution is 7.99. The number of rotatable bonds is 6. The zero-order chi connectivity index (χ0) is 20.4. The largest absolute Gasteiger partial charge is 0.496 e. The first kappa shape index (κ1) is 19.3. The van der Waals surface area contributed by atoms with Crippen molar-refractivity contribution in [2.45, 2.75) is 5.16 Å². The fourth-order valence-electron chi connectivity index (χ4n) is 2.74. The van der Waals surface area contributed by atoms with Crippen LogP contribution in [0.2, 0.25) is 0 Å². The van der Waals surface area contributed by atoms with Crippen LogP contribution in [0.4, 0.5) is 9.52 Å². The average Bonchev–Trinajstić information content (AvgIpc) is 3.28. The standard InChI is InChI=1S/C19H16FN5O2S2/c1-25-17(12-5-3-4-6-14(12)27-2)23-24-19(25)28-10-16(26)22-18-21-13-8-7-11(20)9-15(13)29-18/h3-9H,10H2,1-2H3,(H,21,22,26). The van der Waals surface area contributed by atoms with Gasteiger partial charge >= 0.3 is 0 Å². The summed E-state index contributed by atoms with van der Waals surface area (Å²) < 4.78 is 21.2. The Balaban J connectivity index is 1.43. The molecule has 0 bridgehead atoms. The molecule has 0 fully saturated rings. The van der Waals surface area contributed by atoms with Crippen molar-refractivity contribution in [2.75, 3.05) is 18.2 Å². The Labute approximate surface area is 173 Å². The predicted octanol–water partition coefficient (Wildman–Crippen LogP) is 3.97. The van der Waals surface area contributed by atoms with E-state index in [1.807, 2.05) is 35.9 Å². The van der Waals surface area contributed by atoms with Crippen LogP contribution >= 0.6 is 23.1 Å². The van der Waals surface area contributed by atoms with Gasteiger partial charge in [-0.15, -0.1) is 10.2 Å². The molecule has 1 N–H and O–H groups in total. The Kier molecular flexibility index (Phi) is 5.45. The second kappa shape index (κ2) is 8.18. The number of para-hydroxylation sites is 1. The van der Waals surface area contributed by atoms with E-state index in [0.717, 1.165) is 5.56 Å². The molecule has 0 unspecified atom stereocenters. The van der Waals surface area contributed by atoms with Crippen molar-refractivity contribution in [3.05, 3.63) is 48.3 Å². The number of nitrogens with zero attached hydrogens (tertiary/aromatic N) is 4. The quantitative estimate of drug-likeness (QED) is 0.467. The number of anilines is 1. The third kappa shape index (κ3) is 4.08. The monoisotopic (exact) mass is 429 g/mol. The zero-order valence-electron chi connectivity index (χ0n) is 15.5. The van der Waals surface area contributed by atoms with Crippen LogP contribution < -0.4 is 10.1 Å². The molecule has 0 aliphatic carbocycles. The highest BCUT2D eigenvalue weighted by Gasteiger charge is 2.16. The summed E-state index contributed by atoms with van der Waals surface area (Å²) in [7, 11) is 3.44. The molecule has 0 aliphatic heterocycles. The Hall–Kier alpha value is -2.98. The third-order valence-electron chi connectivity index (χ3n) is 4.11. The van der Waals surface area contributed by atoms with Gasteiger partial charge in [-0.2, -0.15) is 0 Å². The van der Waals surface area contributed by atoms with Crippen molar-refractivity contribution < 1.29 is 13.9 Å². The van der Waals surface area contributed by atoms with Crippen molar-refractivity contribution in [1.29, 1.82) is 0 Å². The van der Waals surface area contributed by atoms with Crippen LogP contribution in [0.1, 0.15) is 0 Å². The molecule has 7 nitrogen and oxygen atoms in total. The molecule has 10 heteroatoms. The highest BCUT2D eigenvalue weighted by Crippen LogP contribution is 2.30. The molecule has 2 aromatic heterocycles. The molecule has 29 heavy (non-hydrogen) atoms. The molecule has 0 saturated carbocycles. The fourth-order valence-corrected chi connectivity index (χ4v) is 4.36. The summed E-state index contributed by atoms with van der Waals surface area (Å²) in [5.74, 6) is 0.935. The van der Waals surface area contributed by atoms with E-state index in [1.54, 1.807) is 13.2 Å². The number of carbonyl (C=O) groups excluding carboxylic acids is 1. The summed E-state index contributed by atoms with van der Waals surface area (Å²) in [5, 5.41) is 12.2. The van der Waals surface area contributed by atoms with Gasteiger partial charge in [0.1, 0.15) is 11.6 Å². The van der Waals surface area contributed by atoms with E-state index in [1.165, 1.54) is 35.2 Å². The van der Waals surface area contributed by atoms with E-state index in [2.05, 4.69) is 20.5 Å². The van der Waals surface area contributed by atoms with Gasteiger partial charge in [-0.3, -0.25) is 4.79 Å². The van der Waals surface area contributed by atoms with Crippen molar-refractivity contribution in [1.82, 2.24) is 19.7 Å². The first-order valence-corrected chi connectivity index (χ1v) is 10.4. The number of halogens is 1. The van der Waals surface area contributed by atoms with Gasteiger partial charge in [0.15, 0.2) is 16.1 Å². The molecule has 4 aromatic rings. The summed E-state index contributed by atoms with van der Waals surface area (Å²) in [6.07, 6.45) is 0. The Bertz CT molecular complexity index is 1190. The summed E-state index contributed by atoms with van der Waals surface area (Å²) in [6.45, 7) is 0. The van der Waals surface area contributed by atoms with Crippen molar-refractivity contribution >= 4 is 44.4 Å². The second-order valence-corrected chi connectivity index (χ2v) is 8.01. The molecule has 0 aliphatic rings. The summed E-state index contributed by atoms with van der Waals surface area (Å²) in [4.78, 5) is 16.6. The second-order valence-electron chi connectivity index (χ2n) is 6.03. The van der Waals surface area contributed by atoms with E-state index in [-0.39, 0.29) is 17.5 Å². The number of thiazole rings is 1. The molecule has 148 valence electrons. The van der Waals surface area contributed by atoms with Crippen LogP contribution in [-0.4, -0.2) is 38.5 Å². The number of aromatic nitrogens is 4. The van der Waals surface area contributed by atoms with Gasteiger partial charge in [0, 0.05) is 7.05 Å². The van der Waals surface area contributed by atoms with Crippen molar-refractivity contribution in [3.8, 4) is 17.1 Å². The van der Waals surface area contributed by atoms with Crippen LogP contribution in [-0.2, 0) is 11.8 Å². The molecule has 0 saturated heterocycles. The normalized spacial score (nSPS) is 11.0.